The van der Waals surface area contributed by atoms with E-state index in [4.69, 9.17) is 9.47 Å². The highest BCUT2D eigenvalue weighted by atomic mass is 19.4. The Kier molecular flexibility index (Phi) is 6.23. The Bertz CT molecular complexity index is 500. The van der Waals surface area contributed by atoms with Crippen LogP contribution in [-0.2, 0) is 9.53 Å². The van der Waals surface area contributed by atoms with E-state index >= 15 is 0 Å². The molecule has 1 aromatic carbocycles. The van der Waals surface area contributed by atoms with E-state index in [-0.39, 0.29) is 5.69 Å². The molecule has 1 saturated heterocycles. The minimum Gasteiger partial charge on any atom is -0.494 e. The molecule has 0 radical (unpaired) electrons. The van der Waals surface area contributed by atoms with Crippen LogP contribution in [0.4, 0.5) is 18.9 Å². The van der Waals surface area contributed by atoms with Crippen molar-refractivity contribution in [3.8, 4) is 5.75 Å². The van der Waals surface area contributed by atoms with Crippen LogP contribution < -0.4 is 10.1 Å². The van der Waals surface area contributed by atoms with E-state index in [0.29, 0.717) is 12.4 Å². The first-order valence-electron chi connectivity index (χ1n) is 7.36. The van der Waals surface area contributed by atoms with Crippen molar-refractivity contribution in [3.05, 3.63) is 24.3 Å². The normalized spacial score (nSPS) is 16.1. The molecule has 1 N–H and O–H groups in total. The molecule has 1 aliphatic rings. The number of alkyl halides is 3. The average molecular weight is 332 g/mol. The van der Waals surface area contributed by atoms with Gasteiger partial charge in [0, 0.05) is 25.3 Å². The van der Waals surface area contributed by atoms with Crippen LogP contribution in [0.3, 0.4) is 0 Å². The van der Waals surface area contributed by atoms with Crippen molar-refractivity contribution >= 4 is 11.6 Å². The number of nitrogens with one attached hydrogen (secondary N) is 1. The number of rotatable bonds is 6. The second-order valence-corrected chi connectivity index (χ2v) is 5.13. The number of amides is 1. The van der Waals surface area contributed by atoms with Crippen LogP contribution >= 0.6 is 0 Å². The summed E-state index contributed by atoms with van der Waals surface area (Å²) in [7, 11) is 0. The highest BCUT2D eigenvalue weighted by Crippen LogP contribution is 2.20. The molecule has 0 bridgehead atoms. The van der Waals surface area contributed by atoms with E-state index in [1.807, 2.05) is 0 Å². The molecule has 2 rings (SSSR count). The van der Waals surface area contributed by atoms with Crippen molar-refractivity contribution in [2.75, 3.05) is 44.8 Å². The summed E-state index contributed by atoms with van der Waals surface area (Å²) in [6.45, 7) is 4.80. The molecule has 128 valence electrons. The largest absolute Gasteiger partial charge is 0.494 e. The van der Waals surface area contributed by atoms with E-state index in [1.54, 1.807) is 5.32 Å². The molecule has 0 unspecified atom stereocenters. The molecule has 8 heteroatoms. The van der Waals surface area contributed by atoms with E-state index in [2.05, 4.69) is 4.90 Å². The number of hydrogen-bond donors (Lipinski definition) is 1. The van der Waals surface area contributed by atoms with Gasteiger partial charge in [0.05, 0.1) is 19.8 Å². The Morgan fingerprint density at radius 3 is 2.48 bits per heavy atom. The summed E-state index contributed by atoms with van der Waals surface area (Å²) in [6, 6.07) is 5.81. The van der Waals surface area contributed by atoms with Crippen molar-refractivity contribution in [1.82, 2.24) is 4.90 Å². The van der Waals surface area contributed by atoms with E-state index in [1.165, 1.54) is 24.3 Å². The maximum atomic E-state index is 12.1. The quantitative estimate of drug-likeness (QED) is 0.812. The van der Waals surface area contributed by atoms with Crippen molar-refractivity contribution in [2.45, 2.75) is 12.6 Å². The number of carbonyl (C=O) groups excluding carboxylic acids is 1. The smallest absolute Gasteiger partial charge is 0.471 e. The van der Waals surface area contributed by atoms with Crippen LogP contribution in [-0.4, -0.2) is 56.4 Å². The number of ether oxygens (including phenoxy) is 2. The standard InChI is InChI=1S/C15H19F3N2O3/c16-15(17,18)14(21)19-12-2-4-13(5-3-12)23-9-1-6-20-7-10-22-11-8-20/h2-5H,1,6-11H2,(H,19,21). The third-order valence-electron chi connectivity index (χ3n) is 3.36. The molecule has 0 aromatic heterocycles. The second-order valence-electron chi connectivity index (χ2n) is 5.13. The molecule has 23 heavy (non-hydrogen) atoms. The molecule has 1 heterocycles. The van der Waals surface area contributed by atoms with Crippen LogP contribution in [0, 0.1) is 0 Å². The van der Waals surface area contributed by atoms with Gasteiger partial charge in [-0.25, -0.2) is 0 Å². The minimum atomic E-state index is -4.89. The molecule has 0 aliphatic carbocycles. The van der Waals surface area contributed by atoms with Crippen LogP contribution in [0.15, 0.2) is 24.3 Å². The van der Waals surface area contributed by atoms with Gasteiger partial charge in [0.2, 0.25) is 0 Å². The maximum absolute atomic E-state index is 12.1. The topological polar surface area (TPSA) is 50.8 Å². The lowest BCUT2D eigenvalue weighted by atomic mass is 10.3. The third kappa shape index (κ3) is 6.07. The number of halogens is 3. The lowest BCUT2D eigenvalue weighted by molar-refractivity contribution is -0.167. The fourth-order valence-electron chi connectivity index (χ4n) is 2.14. The summed E-state index contributed by atoms with van der Waals surface area (Å²) in [5, 5.41) is 1.78. The summed E-state index contributed by atoms with van der Waals surface area (Å²) in [6.07, 6.45) is -4.04. The number of hydrogen-bond acceptors (Lipinski definition) is 4. The van der Waals surface area contributed by atoms with Crippen molar-refractivity contribution in [2.24, 2.45) is 0 Å². The van der Waals surface area contributed by atoms with Crippen molar-refractivity contribution < 1.29 is 27.4 Å². The minimum absolute atomic E-state index is 0.0768. The molecule has 1 fully saturated rings. The summed E-state index contributed by atoms with van der Waals surface area (Å²) in [5.74, 6) is -1.44. The molecule has 5 nitrogen and oxygen atoms in total. The van der Waals surface area contributed by atoms with Crippen LogP contribution in [0.1, 0.15) is 6.42 Å². The number of benzene rings is 1. The number of morpholine rings is 1. The van der Waals surface area contributed by atoms with Gasteiger partial charge in [0.1, 0.15) is 5.75 Å². The Balaban J connectivity index is 1.69. The van der Waals surface area contributed by atoms with Crippen molar-refractivity contribution in [1.29, 1.82) is 0 Å². The Morgan fingerprint density at radius 2 is 1.87 bits per heavy atom. The first-order chi connectivity index (χ1) is 10.9. The number of carbonyl (C=O) groups is 1. The molecule has 0 spiro atoms. The van der Waals surface area contributed by atoms with E-state index in [9.17, 15) is 18.0 Å². The maximum Gasteiger partial charge on any atom is 0.471 e. The van der Waals surface area contributed by atoms with E-state index in [0.717, 1.165) is 39.3 Å². The number of anilines is 1. The fourth-order valence-corrected chi connectivity index (χ4v) is 2.14. The lowest BCUT2D eigenvalue weighted by Crippen LogP contribution is -2.37. The van der Waals surface area contributed by atoms with Gasteiger partial charge in [-0.3, -0.25) is 9.69 Å². The van der Waals surface area contributed by atoms with Crippen molar-refractivity contribution in [3.63, 3.8) is 0 Å². The summed E-state index contributed by atoms with van der Waals surface area (Å²) >= 11 is 0. The van der Waals surface area contributed by atoms with Gasteiger partial charge in [-0.1, -0.05) is 0 Å². The molecule has 0 atom stereocenters. The fraction of sp³-hybridized carbons (Fsp3) is 0.533. The van der Waals surface area contributed by atoms with Crippen LogP contribution in [0.2, 0.25) is 0 Å². The van der Waals surface area contributed by atoms with Gasteiger partial charge in [-0.15, -0.1) is 0 Å². The summed E-state index contributed by atoms with van der Waals surface area (Å²) in [4.78, 5) is 13.1. The first kappa shape index (κ1) is 17.6. The second kappa shape index (κ2) is 8.16. The summed E-state index contributed by atoms with van der Waals surface area (Å²) < 4.78 is 47.2. The van der Waals surface area contributed by atoms with Gasteiger partial charge in [-0.05, 0) is 30.7 Å². The first-order valence-corrected chi connectivity index (χ1v) is 7.36. The van der Waals surface area contributed by atoms with E-state index < -0.39 is 12.1 Å². The highest BCUT2D eigenvalue weighted by molar-refractivity contribution is 5.94. The zero-order valence-corrected chi connectivity index (χ0v) is 12.6. The van der Waals surface area contributed by atoms with Gasteiger partial charge in [-0.2, -0.15) is 13.2 Å². The van der Waals surface area contributed by atoms with Gasteiger partial charge in [0.25, 0.3) is 0 Å². The monoisotopic (exact) mass is 332 g/mol. The lowest BCUT2D eigenvalue weighted by Gasteiger charge is -2.26. The number of nitrogens with zero attached hydrogens (tertiary/aromatic N) is 1. The average Bonchev–Trinajstić information content (AvgIpc) is 2.53. The SMILES string of the molecule is O=C(Nc1ccc(OCCCN2CCOCC2)cc1)C(F)(F)F. The molecule has 1 amide bonds. The Labute approximate surface area is 132 Å². The molecule has 0 saturated carbocycles. The molecular weight excluding hydrogens is 313 g/mol. The van der Waals surface area contributed by atoms with Crippen LogP contribution in [0.5, 0.6) is 5.75 Å². The zero-order chi connectivity index (χ0) is 16.7. The highest BCUT2D eigenvalue weighted by Gasteiger charge is 2.38. The van der Waals surface area contributed by atoms with Gasteiger partial charge in [0.15, 0.2) is 0 Å². The van der Waals surface area contributed by atoms with Crippen LogP contribution in [0.25, 0.3) is 0 Å². The third-order valence-corrected chi connectivity index (χ3v) is 3.36. The Hall–Kier alpha value is -1.80. The predicted octanol–water partition coefficient (Wildman–Crippen LogP) is 2.29. The predicted molar refractivity (Wildman–Crippen MR) is 78.5 cm³/mol. The molecular formula is C15H19F3N2O3. The Morgan fingerprint density at radius 1 is 1.22 bits per heavy atom. The molecule has 1 aliphatic heterocycles. The molecule has 1 aromatic rings. The summed E-state index contributed by atoms with van der Waals surface area (Å²) in [5.41, 5.74) is 0.0768. The van der Waals surface area contributed by atoms with Gasteiger partial charge >= 0.3 is 12.1 Å². The zero-order valence-electron chi connectivity index (χ0n) is 12.6. The van der Waals surface area contributed by atoms with Gasteiger partial charge < -0.3 is 14.8 Å².